The molecule has 0 bridgehead atoms. The van der Waals surface area contributed by atoms with E-state index in [0.717, 1.165) is 16.8 Å². The van der Waals surface area contributed by atoms with Crippen molar-refractivity contribution in [1.82, 2.24) is 0 Å². The third-order valence-electron chi connectivity index (χ3n) is 2.93. The Balaban J connectivity index is 3.45. The molecule has 0 spiro atoms. The summed E-state index contributed by atoms with van der Waals surface area (Å²) in [6, 6.07) is 2.13. The van der Waals surface area contributed by atoms with Crippen molar-refractivity contribution >= 4 is 22.7 Å². The van der Waals surface area contributed by atoms with E-state index in [1.165, 1.54) is 16.0 Å². The van der Waals surface area contributed by atoms with Crippen LogP contribution in [0.3, 0.4) is 0 Å². The van der Waals surface area contributed by atoms with Crippen molar-refractivity contribution in [2.75, 3.05) is 11.9 Å². The number of aryl methyl sites for hydroxylation is 2. The smallest absolute Gasteiger partial charge is 0.301 e. The van der Waals surface area contributed by atoms with Crippen LogP contribution < -0.4 is 4.90 Å². The highest BCUT2D eigenvalue weighted by molar-refractivity contribution is 6.66. The molecule has 0 aliphatic heterocycles. The van der Waals surface area contributed by atoms with E-state index in [1.807, 2.05) is 27.7 Å². The molecule has 0 heterocycles. The van der Waals surface area contributed by atoms with Crippen LogP contribution in [0.2, 0.25) is 0 Å². The fraction of sp³-hybridized carbons (Fsp3) is 0.417. The molecule has 0 aliphatic carbocycles. The monoisotopic (exact) mass is 225 g/mol. The Labute approximate surface area is 95.8 Å². The SMILES string of the molecule is Cc1cc(C)c(C)c(N(C)C(=O)Cl)c1C. The number of nitrogens with zero attached hydrogens (tertiary/aromatic N) is 1. The van der Waals surface area contributed by atoms with Gasteiger partial charge in [0.05, 0.1) is 5.69 Å². The molecular weight excluding hydrogens is 210 g/mol. The van der Waals surface area contributed by atoms with Gasteiger partial charge in [-0.05, 0) is 61.5 Å². The molecule has 0 aromatic heterocycles. The normalized spacial score (nSPS) is 10.3. The Morgan fingerprint density at radius 2 is 1.53 bits per heavy atom. The van der Waals surface area contributed by atoms with E-state index < -0.39 is 5.37 Å². The lowest BCUT2D eigenvalue weighted by Crippen LogP contribution is -2.22. The highest BCUT2D eigenvalue weighted by Gasteiger charge is 2.15. The Hall–Kier alpha value is -1.02. The van der Waals surface area contributed by atoms with Gasteiger partial charge in [-0.1, -0.05) is 6.07 Å². The van der Waals surface area contributed by atoms with E-state index in [0.29, 0.717) is 0 Å². The summed E-state index contributed by atoms with van der Waals surface area (Å²) < 4.78 is 0. The Morgan fingerprint density at radius 3 is 1.87 bits per heavy atom. The van der Waals surface area contributed by atoms with Crippen molar-refractivity contribution in [3.8, 4) is 0 Å². The quantitative estimate of drug-likeness (QED) is 0.527. The summed E-state index contributed by atoms with van der Waals surface area (Å²) in [5.74, 6) is 0. The summed E-state index contributed by atoms with van der Waals surface area (Å²) in [7, 11) is 1.70. The molecule has 1 rings (SSSR count). The number of carbonyl (C=O) groups excluding carboxylic acids is 1. The van der Waals surface area contributed by atoms with Crippen LogP contribution in [0.1, 0.15) is 22.3 Å². The minimum Gasteiger partial charge on any atom is -0.301 e. The molecule has 0 saturated carbocycles. The van der Waals surface area contributed by atoms with Gasteiger partial charge in [-0.15, -0.1) is 0 Å². The van der Waals surface area contributed by atoms with Gasteiger partial charge in [0, 0.05) is 7.05 Å². The van der Waals surface area contributed by atoms with E-state index in [9.17, 15) is 4.79 Å². The molecule has 0 fully saturated rings. The van der Waals surface area contributed by atoms with Gasteiger partial charge in [-0.2, -0.15) is 0 Å². The number of rotatable bonds is 1. The average molecular weight is 226 g/mol. The first-order valence-corrected chi connectivity index (χ1v) is 5.24. The number of carbonyl (C=O) groups is 1. The number of hydrogen-bond acceptors (Lipinski definition) is 1. The van der Waals surface area contributed by atoms with Crippen molar-refractivity contribution in [1.29, 1.82) is 0 Å². The molecule has 0 aliphatic rings. The van der Waals surface area contributed by atoms with E-state index in [1.54, 1.807) is 7.05 Å². The molecule has 2 nitrogen and oxygen atoms in total. The van der Waals surface area contributed by atoms with E-state index in [2.05, 4.69) is 6.07 Å². The minimum atomic E-state index is -0.453. The van der Waals surface area contributed by atoms with Gasteiger partial charge in [0.15, 0.2) is 0 Å². The third kappa shape index (κ3) is 2.15. The van der Waals surface area contributed by atoms with Crippen molar-refractivity contribution in [2.24, 2.45) is 0 Å². The van der Waals surface area contributed by atoms with Gasteiger partial charge in [0.25, 0.3) is 0 Å². The third-order valence-corrected chi connectivity index (χ3v) is 3.18. The number of amides is 1. The predicted molar refractivity (Wildman–Crippen MR) is 65.0 cm³/mol. The summed E-state index contributed by atoms with van der Waals surface area (Å²) in [5, 5.41) is -0.453. The number of anilines is 1. The fourth-order valence-corrected chi connectivity index (χ4v) is 1.87. The van der Waals surface area contributed by atoms with E-state index in [-0.39, 0.29) is 0 Å². The van der Waals surface area contributed by atoms with Crippen LogP contribution in [-0.2, 0) is 0 Å². The molecule has 15 heavy (non-hydrogen) atoms. The van der Waals surface area contributed by atoms with Crippen LogP contribution in [0.25, 0.3) is 0 Å². The van der Waals surface area contributed by atoms with Gasteiger partial charge < -0.3 is 4.90 Å². The van der Waals surface area contributed by atoms with E-state index >= 15 is 0 Å². The molecule has 3 heteroatoms. The molecule has 0 unspecified atom stereocenters. The Bertz CT molecular complexity index is 386. The molecule has 1 aromatic rings. The maximum absolute atomic E-state index is 11.2. The van der Waals surface area contributed by atoms with Gasteiger partial charge in [0.2, 0.25) is 0 Å². The molecule has 0 N–H and O–H groups in total. The lowest BCUT2D eigenvalue weighted by atomic mass is 9.98. The van der Waals surface area contributed by atoms with Crippen LogP contribution in [0.5, 0.6) is 0 Å². The second-order valence-corrected chi connectivity index (χ2v) is 4.24. The highest BCUT2D eigenvalue weighted by Crippen LogP contribution is 2.29. The van der Waals surface area contributed by atoms with Gasteiger partial charge in [-0.3, -0.25) is 4.79 Å². The van der Waals surface area contributed by atoms with Crippen molar-refractivity contribution in [3.05, 3.63) is 28.3 Å². The zero-order valence-electron chi connectivity index (χ0n) is 9.81. The first-order chi connectivity index (χ1) is 6.86. The summed E-state index contributed by atoms with van der Waals surface area (Å²) in [6.45, 7) is 8.09. The van der Waals surface area contributed by atoms with Crippen molar-refractivity contribution < 1.29 is 4.79 Å². The molecule has 1 aromatic carbocycles. The molecule has 82 valence electrons. The van der Waals surface area contributed by atoms with Crippen LogP contribution >= 0.6 is 11.6 Å². The van der Waals surface area contributed by atoms with Gasteiger partial charge in [0.1, 0.15) is 0 Å². The Kier molecular flexibility index (Phi) is 3.40. The van der Waals surface area contributed by atoms with Crippen LogP contribution in [0.15, 0.2) is 6.07 Å². The van der Waals surface area contributed by atoms with Crippen molar-refractivity contribution in [3.63, 3.8) is 0 Å². The molecule has 0 atom stereocenters. The van der Waals surface area contributed by atoms with Crippen LogP contribution in [-0.4, -0.2) is 12.4 Å². The zero-order valence-corrected chi connectivity index (χ0v) is 10.6. The summed E-state index contributed by atoms with van der Waals surface area (Å²) in [6.07, 6.45) is 0. The number of benzene rings is 1. The lowest BCUT2D eigenvalue weighted by molar-refractivity contribution is 0.265. The zero-order chi connectivity index (χ0) is 11.7. The predicted octanol–water partition coefficient (Wildman–Crippen LogP) is 3.72. The summed E-state index contributed by atoms with van der Waals surface area (Å²) >= 11 is 5.50. The second-order valence-electron chi connectivity index (χ2n) is 3.92. The minimum absolute atomic E-state index is 0.453. The van der Waals surface area contributed by atoms with Gasteiger partial charge >= 0.3 is 5.37 Å². The number of halogens is 1. The molecule has 0 saturated heterocycles. The van der Waals surface area contributed by atoms with Crippen molar-refractivity contribution in [2.45, 2.75) is 27.7 Å². The fourth-order valence-electron chi connectivity index (χ4n) is 1.79. The maximum atomic E-state index is 11.2. The summed E-state index contributed by atoms with van der Waals surface area (Å²) in [4.78, 5) is 12.7. The largest absolute Gasteiger partial charge is 0.320 e. The Morgan fingerprint density at radius 1 is 1.13 bits per heavy atom. The second kappa shape index (κ2) is 4.23. The average Bonchev–Trinajstić information content (AvgIpc) is 2.15. The van der Waals surface area contributed by atoms with Gasteiger partial charge in [-0.25, -0.2) is 0 Å². The topological polar surface area (TPSA) is 20.3 Å². The molecular formula is C12H16ClNO. The standard InChI is InChI=1S/C12H16ClNO/c1-7-6-8(2)10(4)11(9(7)3)14(5)12(13)15/h6H,1-5H3. The highest BCUT2D eigenvalue weighted by atomic mass is 35.5. The molecule has 0 radical (unpaired) electrons. The van der Waals surface area contributed by atoms with Crippen LogP contribution in [0, 0.1) is 27.7 Å². The first-order valence-electron chi connectivity index (χ1n) is 4.86. The first kappa shape index (κ1) is 12.1. The lowest BCUT2D eigenvalue weighted by Gasteiger charge is -2.22. The maximum Gasteiger partial charge on any atom is 0.320 e. The van der Waals surface area contributed by atoms with Crippen LogP contribution in [0.4, 0.5) is 10.5 Å². The van der Waals surface area contributed by atoms with E-state index in [4.69, 9.17) is 11.6 Å². The molecule has 1 amide bonds. The number of hydrogen-bond donors (Lipinski definition) is 0. The summed E-state index contributed by atoms with van der Waals surface area (Å²) in [5.41, 5.74) is 5.49.